The first-order valence-corrected chi connectivity index (χ1v) is 3.64. The third kappa shape index (κ3) is 1.38. The summed E-state index contributed by atoms with van der Waals surface area (Å²) in [7, 11) is 0. The van der Waals surface area contributed by atoms with E-state index in [1.54, 1.807) is 0 Å². The first-order valence-electron chi connectivity index (χ1n) is 3.64. The molecular weight excluding hydrogens is 152 g/mol. The van der Waals surface area contributed by atoms with E-state index < -0.39 is 0 Å². The maximum atomic E-state index is 3.02. The normalized spacial score (nSPS) is 19.0. The lowest BCUT2D eigenvalue weighted by Gasteiger charge is -2.04. The molecule has 2 rings (SSSR count). The Morgan fingerprint density at radius 3 is 2.17 bits per heavy atom. The van der Waals surface area contributed by atoms with Crippen molar-refractivity contribution >= 4 is 0 Å². The first-order chi connectivity index (χ1) is 5.95. The van der Waals surface area contributed by atoms with Crippen molar-refractivity contribution < 1.29 is 0 Å². The van der Waals surface area contributed by atoms with Gasteiger partial charge >= 0.3 is 0 Å². The van der Waals surface area contributed by atoms with Gasteiger partial charge in [0.2, 0.25) is 0 Å². The molecular formula is C8H8N4. The van der Waals surface area contributed by atoms with Crippen LogP contribution in [0, 0.1) is 23.9 Å². The van der Waals surface area contributed by atoms with E-state index in [1.807, 2.05) is 12.4 Å². The molecule has 0 aromatic carbocycles. The summed E-state index contributed by atoms with van der Waals surface area (Å²) in [6.07, 6.45) is 3.61. The number of nitrogens with one attached hydrogen (secondary N) is 4. The predicted molar refractivity (Wildman–Crippen MR) is 44.8 cm³/mol. The average molecular weight is 160 g/mol. The largest absolute Gasteiger partial charge is 0.360 e. The van der Waals surface area contributed by atoms with E-state index in [1.165, 1.54) is 0 Å². The molecule has 4 heteroatoms. The summed E-state index contributed by atoms with van der Waals surface area (Å²) in [4.78, 5) is 0. The lowest BCUT2D eigenvalue weighted by atomic mass is 10.4. The van der Waals surface area contributed by atoms with Crippen LogP contribution in [0.25, 0.3) is 0 Å². The molecule has 0 unspecified atom stereocenters. The van der Waals surface area contributed by atoms with E-state index >= 15 is 0 Å². The van der Waals surface area contributed by atoms with E-state index in [0.29, 0.717) is 0 Å². The van der Waals surface area contributed by atoms with Crippen LogP contribution in [-0.2, 0) is 0 Å². The van der Waals surface area contributed by atoms with Gasteiger partial charge in [0, 0.05) is 24.5 Å². The number of hydrogen-bond donors (Lipinski definition) is 4. The number of hydrogen-bond acceptors (Lipinski definition) is 4. The van der Waals surface area contributed by atoms with Gasteiger partial charge in [-0.15, -0.1) is 0 Å². The van der Waals surface area contributed by atoms with Crippen molar-refractivity contribution in [2.75, 3.05) is 0 Å². The van der Waals surface area contributed by atoms with Crippen molar-refractivity contribution in [2.24, 2.45) is 0 Å². The zero-order valence-electron chi connectivity index (χ0n) is 6.31. The van der Waals surface area contributed by atoms with Gasteiger partial charge in [0.15, 0.2) is 12.3 Å². The van der Waals surface area contributed by atoms with E-state index in [0.717, 1.165) is 0 Å². The molecule has 0 aromatic rings. The molecule has 0 spiro atoms. The third-order valence-corrected chi connectivity index (χ3v) is 1.48. The standard InChI is InChI=1S/C8H8N4/c1(7-9-3-4-10-7)2-8-11-5-6-12-8/h3-4,7-12H. The van der Waals surface area contributed by atoms with Crippen molar-refractivity contribution in [3.8, 4) is 23.9 Å². The maximum Gasteiger partial charge on any atom is 0.174 e. The second-order valence-corrected chi connectivity index (χ2v) is 2.36. The van der Waals surface area contributed by atoms with Crippen LogP contribution >= 0.6 is 0 Å². The molecule has 0 fully saturated rings. The van der Waals surface area contributed by atoms with Gasteiger partial charge in [0.25, 0.3) is 0 Å². The molecule has 0 radical (unpaired) electrons. The Labute approximate surface area is 70.8 Å². The zero-order valence-corrected chi connectivity index (χ0v) is 6.31. The van der Waals surface area contributed by atoms with Gasteiger partial charge in [0.05, 0.1) is 0 Å². The molecule has 60 valence electrons. The average Bonchev–Trinajstić information content (AvgIpc) is 2.74. The summed E-state index contributed by atoms with van der Waals surface area (Å²) in [5, 5.41) is 11.8. The molecule has 0 amide bonds. The monoisotopic (exact) mass is 160 g/mol. The molecule has 4 N–H and O–H groups in total. The minimum absolute atomic E-state index is 0.0224. The summed E-state index contributed by atoms with van der Waals surface area (Å²) < 4.78 is 0. The molecule has 0 aliphatic carbocycles. The Kier molecular flexibility index (Phi) is 1.67. The molecule has 0 saturated heterocycles. The molecule has 0 saturated carbocycles. The highest BCUT2D eigenvalue weighted by Gasteiger charge is 2.05. The van der Waals surface area contributed by atoms with Gasteiger partial charge in [0.1, 0.15) is 0 Å². The van der Waals surface area contributed by atoms with Crippen LogP contribution in [0.3, 0.4) is 0 Å². The molecule has 2 heterocycles. The van der Waals surface area contributed by atoms with Crippen molar-refractivity contribution in [1.82, 2.24) is 21.3 Å². The lowest BCUT2D eigenvalue weighted by molar-refractivity contribution is 0.692. The SMILES string of the molecule is C1#CNC(C#CC2NC=CN2)N1. The second kappa shape index (κ2) is 2.98. The summed E-state index contributed by atoms with van der Waals surface area (Å²) in [6.45, 7) is 0. The fraction of sp³-hybridized carbons (Fsp3) is 0.250. The van der Waals surface area contributed by atoms with Gasteiger partial charge in [-0.2, -0.15) is 0 Å². The van der Waals surface area contributed by atoms with Crippen LogP contribution < -0.4 is 21.3 Å². The van der Waals surface area contributed by atoms with Crippen LogP contribution in [0.15, 0.2) is 12.4 Å². The van der Waals surface area contributed by atoms with Crippen LogP contribution in [-0.4, -0.2) is 12.3 Å². The Morgan fingerprint density at radius 2 is 1.50 bits per heavy atom. The Balaban J connectivity index is 1.84. The van der Waals surface area contributed by atoms with Crippen molar-refractivity contribution in [2.45, 2.75) is 12.3 Å². The summed E-state index contributed by atoms with van der Waals surface area (Å²) in [6, 6.07) is 5.36. The molecule has 4 nitrogen and oxygen atoms in total. The molecule has 0 atom stereocenters. The van der Waals surface area contributed by atoms with Crippen molar-refractivity contribution in [3.05, 3.63) is 12.4 Å². The van der Waals surface area contributed by atoms with Gasteiger partial charge in [-0.3, -0.25) is 0 Å². The minimum Gasteiger partial charge on any atom is -0.360 e. The zero-order chi connectivity index (χ0) is 8.23. The van der Waals surface area contributed by atoms with E-state index in [4.69, 9.17) is 0 Å². The van der Waals surface area contributed by atoms with Gasteiger partial charge < -0.3 is 21.3 Å². The Hall–Kier alpha value is -1.94. The Morgan fingerprint density at radius 1 is 0.917 bits per heavy atom. The van der Waals surface area contributed by atoms with Crippen LogP contribution in [0.5, 0.6) is 0 Å². The lowest BCUT2D eigenvalue weighted by Crippen LogP contribution is -2.33. The first kappa shape index (κ1) is 6.75. The quantitative estimate of drug-likeness (QED) is 0.323. The number of rotatable bonds is 0. The highest BCUT2D eigenvalue weighted by Crippen LogP contribution is 1.84. The van der Waals surface area contributed by atoms with Crippen LogP contribution in [0.2, 0.25) is 0 Å². The fourth-order valence-electron chi connectivity index (χ4n) is 0.912. The van der Waals surface area contributed by atoms with Gasteiger partial charge in [-0.1, -0.05) is 11.8 Å². The predicted octanol–water partition coefficient (Wildman–Crippen LogP) is -1.58. The van der Waals surface area contributed by atoms with E-state index in [-0.39, 0.29) is 12.3 Å². The summed E-state index contributed by atoms with van der Waals surface area (Å²) >= 11 is 0. The van der Waals surface area contributed by atoms with E-state index in [9.17, 15) is 0 Å². The highest BCUT2D eigenvalue weighted by atomic mass is 15.1. The van der Waals surface area contributed by atoms with Crippen molar-refractivity contribution in [3.63, 3.8) is 0 Å². The van der Waals surface area contributed by atoms with Gasteiger partial charge in [-0.25, -0.2) is 0 Å². The van der Waals surface area contributed by atoms with Crippen molar-refractivity contribution in [1.29, 1.82) is 0 Å². The molecule has 0 aromatic heterocycles. The molecule has 0 bridgehead atoms. The summed E-state index contributed by atoms with van der Waals surface area (Å²) in [5.41, 5.74) is 0. The maximum absolute atomic E-state index is 3.02. The minimum atomic E-state index is -0.0609. The van der Waals surface area contributed by atoms with Crippen LogP contribution in [0.4, 0.5) is 0 Å². The van der Waals surface area contributed by atoms with Crippen LogP contribution in [0.1, 0.15) is 0 Å². The summed E-state index contributed by atoms with van der Waals surface area (Å²) in [5.74, 6) is 5.95. The molecule has 2 aliphatic rings. The Bertz CT molecular complexity index is 287. The topological polar surface area (TPSA) is 48.1 Å². The van der Waals surface area contributed by atoms with E-state index in [2.05, 4.69) is 45.2 Å². The molecule has 2 aliphatic heterocycles. The highest BCUT2D eigenvalue weighted by molar-refractivity contribution is 5.21. The molecule has 12 heavy (non-hydrogen) atoms. The second-order valence-electron chi connectivity index (χ2n) is 2.36. The third-order valence-electron chi connectivity index (χ3n) is 1.48. The van der Waals surface area contributed by atoms with Gasteiger partial charge in [-0.05, 0) is 0 Å². The smallest absolute Gasteiger partial charge is 0.174 e. The fourth-order valence-corrected chi connectivity index (χ4v) is 0.912.